The summed E-state index contributed by atoms with van der Waals surface area (Å²) in [6.45, 7) is 0.369. The molecule has 0 spiro atoms. The van der Waals surface area contributed by atoms with Gasteiger partial charge in [0.2, 0.25) is 0 Å². The summed E-state index contributed by atoms with van der Waals surface area (Å²) < 4.78 is 28.7. The molecule has 1 aromatic rings. The van der Waals surface area contributed by atoms with Gasteiger partial charge in [0.15, 0.2) is 9.84 Å². The van der Waals surface area contributed by atoms with Gasteiger partial charge in [0, 0.05) is 0 Å². The van der Waals surface area contributed by atoms with Crippen molar-refractivity contribution in [3.63, 3.8) is 0 Å². The third-order valence-electron chi connectivity index (χ3n) is 2.02. The fraction of sp³-hybridized carbons (Fsp3) is 0.400. The Kier molecular flexibility index (Phi) is 4.11. The predicted octanol–water partition coefficient (Wildman–Crippen LogP) is 0.818. The highest BCUT2D eigenvalue weighted by molar-refractivity contribution is 7.91. The Balaban J connectivity index is 3.04. The minimum Gasteiger partial charge on any atom is -0.495 e. The maximum absolute atomic E-state index is 11.8. The van der Waals surface area contributed by atoms with Crippen molar-refractivity contribution < 1.29 is 13.2 Å². The monoisotopic (exact) mass is 229 g/mol. The Morgan fingerprint density at radius 2 is 2.00 bits per heavy atom. The van der Waals surface area contributed by atoms with Crippen LogP contribution in [0.25, 0.3) is 0 Å². The van der Waals surface area contributed by atoms with Crippen LogP contribution >= 0.6 is 0 Å². The Bertz CT molecular complexity index is 414. The van der Waals surface area contributed by atoms with Crippen LogP contribution in [0.4, 0.5) is 0 Å². The van der Waals surface area contributed by atoms with E-state index in [-0.39, 0.29) is 10.6 Å². The van der Waals surface area contributed by atoms with Crippen molar-refractivity contribution in [2.45, 2.75) is 11.3 Å². The van der Waals surface area contributed by atoms with E-state index in [4.69, 9.17) is 10.5 Å². The van der Waals surface area contributed by atoms with Crippen LogP contribution in [0.5, 0.6) is 5.75 Å². The molecule has 0 aromatic heterocycles. The molecule has 0 radical (unpaired) electrons. The van der Waals surface area contributed by atoms with Gasteiger partial charge in [-0.2, -0.15) is 0 Å². The van der Waals surface area contributed by atoms with Gasteiger partial charge in [-0.1, -0.05) is 12.1 Å². The third kappa shape index (κ3) is 2.94. The molecule has 0 saturated heterocycles. The zero-order chi connectivity index (χ0) is 11.3. The molecule has 0 heterocycles. The van der Waals surface area contributed by atoms with Crippen LogP contribution in [0.1, 0.15) is 6.42 Å². The molecule has 0 unspecified atom stereocenters. The number of nitrogens with two attached hydrogens (primary N) is 1. The topological polar surface area (TPSA) is 69.4 Å². The molecule has 84 valence electrons. The Hall–Kier alpha value is -1.07. The van der Waals surface area contributed by atoms with Gasteiger partial charge in [-0.3, -0.25) is 0 Å². The number of ether oxygens (including phenoxy) is 1. The molecule has 1 aromatic carbocycles. The van der Waals surface area contributed by atoms with Crippen LogP contribution in [-0.2, 0) is 9.84 Å². The summed E-state index contributed by atoms with van der Waals surface area (Å²) in [6.07, 6.45) is 0.459. The van der Waals surface area contributed by atoms with Gasteiger partial charge in [-0.05, 0) is 25.1 Å². The lowest BCUT2D eigenvalue weighted by atomic mass is 10.3. The van der Waals surface area contributed by atoms with Gasteiger partial charge >= 0.3 is 0 Å². The van der Waals surface area contributed by atoms with Crippen molar-refractivity contribution in [2.75, 3.05) is 19.4 Å². The SMILES string of the molecule is COc1ccccc1S(=O)(=O)CCCN. The van der Waals surface area contributed by atoms with Crippen LogP contribution in [0.15, 0.2) is 29.2 Å². The minimum atomic E-state index is -3.27. The molecule has 0 aliphatic heterocycles. The molecular formula is C10H15NO3S. The van der Waals surface area contributed by atoms with Gasteiger partial charge in [-0.25, -0.2) is 8.42 Å². The van der Waals surface area contributed by atoms with Crippen LogP contribution in [0.2, 0.25) is 0 Å². The van der Waals surface area contributed by atoms with Crippen LogP contribution in [0.3, 0.4) is 0 Å². The van der Waals surface area contributed by atoms with Crippen LogP contribution in [-0.4, -0.2) is 27.8 Å². The first kappa shape index (κ1) is 12.0. The molecule has 4 nitrogen and oxygen atoms in total. The summed E-state index contributed by atoms with van der Waals surface area (Å²) in [6, 6.07) is 6.60. The molecule has 0 aliphatic rings. The highest BCUT2D eigenvalue weighted by Gasteiger charge is 2.17. The van der Waals surface area contributed by atoms with Gasteiger partial charge in [0.1, 0.15) is 10.6 Å². The van der Waals surface area contributed by atoms with Gasteiger partial charge in [-0.15, -0.1) is 0 Å². The summed E-state index contributed by atoms with van der Waals surface area (Å²) in [5.41, 5.74) is 5.29. The first-order valence-corrected chi connectivity index (χ1v) is 6.33. The summed E-state index contributed by atoms with van der Waals surface area (Å²) in [4.78, 5) is 0.237. The lowest BCUT2D eigenvalue weighted by molar-refractivity contribution is 0.402. The third-order valence-corrected chi connectivity index (χ3v) is 3.85. The van der Waals surface area contributed by atoms with E-state index in [1.807, 2.05) is 0 Å². The van der Waals surface area contributed by atoms with Gasteiger partial charge in [0.05, 0.1) is 12.9 Å². The van der Waals surface area contributed by atoms with E-state index in [0.29, 0.717) is 18.7 Å². The van der Waals surface area contributed by atoms with E-state index in [2.05, 4.69) is 0 Å². The standard InChI is InChI=1S/C10H15NO3S/c1-14-9-5-2-3-6-10(9)15(12,13)8-4-7-11/h2-3,5-6H,4,7-8,11H2,1H3. The number of para-hydroxylation sites is 1. The second-order valence-electron chi connectivity index (χ2n) is 3.11. The minimum absolute atomic E-state index is 0.0594. The smallest absolute Gasteiger partial charge is 0.182 e. The van der Waals surface area contributed by atoms with Crippen molar-refractivity contribution in [2.24, 2.45) is 5.73 Å². The maximum atomic E-state index is 11.8. The first-order chi connectivity index (χ1) is 7.11. The van der Waals surface area contributed by atoms with Crippen LogP contribution < -0.4 is 10.5 Å². The lowest BCUT2D eigenvalue weighted by Gasteiger charge is -2.08. The van der Waals surface area contributed by atoms with E-state index >= 15 is 0 Å². The quantitative estimate of drug-likeness (QED) is 0.811. The summed E-state index contributed by atoms with van der Waals surface area (Å²) in [5.74, 6) is 0.443. The average molecular weight is 229 g/mol. The molecule has 0 fully saturated rings. The maximum Gasteiger partial charge on any atom is 0.182 e. The van der Waals surface area contributed by atoms with Crippen molar-refractivity contribution in [1.82, 2.24) is 0 Å². The van der Waals surface area contributed by atoms with Gasteiger partial charge in [0.25, 0.3) is 0 Å². The van der Waals surface area contributed by atoms with E-state index in [9.17, 15) is 8.42 Å². The fourth-order valence-electron chi connectivity index (χ4n) is 1.26. The Morgan fingerprint density at radius 1 is 1.33 bits per heavy atom. The molecular weight excluding hydrogens is 214 g/mol. The van der Waals surface area contributed by atoms with E-state index in [0.717, 1.165) is 0 Å². The molecule has 0 amide bonds. The molecule has 5 heteroatoms. The second-order valence-corrected chi connectivity index (χ2v) is 5.19. The van der Waals surface area contributed by atoms with Crippen molar-refractivity contribution in [1.29, 1.82) is 0 Å². The zero-order valence-corrected chi connectivity index (χ0v) is 9.46. The molecule has 15 heavy (non-hydrogen) atoms. The molecule has 2 N–H and O–H groups in total. The summed E-state index contributed by atoms with van der Waals surface area (Å²) in [7, 11) is -1.81. The van der Waals surface area contributed by atoms with Crippen molar-refractivity contribution in [3.8, 4) is 5.75 Å². The molecule has 0 atom stereocenters. The molecule has 0 aliphatic carbocycles. The number of sulfone groups is 1. The molecule has 0 saturated carbocycles. The zero-order valence-electron chi connectivity index (χ0n) is 8.64. The fourth-order valence-corrected chi connectivity index (χ4v) is 2.77. The summed E-state index contributed by atoms with van der Waals surface area (Å²) in [5, 5.41) is 0. The lowest BCUT2D eigenvalue weighted by Crippen LogP contribution is -2.12. The van der Waals surface area contributed by atoms with Crippen LogP contribution in [0, 0.1) is 0 Å². The number of hydrogen-bond donors (Lipinski definition) is 1. The molecule has 0 bridgehead atoms. The number of methoxy groups -OCH3 is 1. The Labute approximate surface area is 90.0 Å². The molecule has 1 rings (SSSR count). The van der Waals surface area contributed by atoms with Crippen molar-refractivity contribution in [3.05, 3.63) is 24.3 Å². The number of hydrogen-bond acceptors (Lipinski definition) is 4. The van der Waals surface area contributed by atoms with E-state index in [1.54, 1.807) is 24.3 Å². The predicted molar refractivity (Wildman–Crippen MR) is 58.7 cm³/mol. The average Bonchev–Trinajstić information content (AvgIpc) is 2.26. The highest BCUT2D eigenvalue weighted by Crippen LogP contribution is 2.24. The second kappa shape index (κ2) is 5.14. The van der Waals surface area contributed by atoms with Crippen molar-refractivity contribution >= 4 is 9.84 Å². The highest BCUT2D eigenvalue weighted by atomic mass is 32.2. The van der Waals surface area contributed by atoms with E-state index in [1.165, 1.54) is 7.11 Å². The Morgan fingerprint density at radius 3 is 2.60 bits per heavy atom. The van der Waals surface area contributed by atoms with E-state index < -0.39 is 9.84 Å². The number of rotatable bonds is 5. The number of benzene rings is 1. The normalized spacial score (nSPS) is 11.3. The van der Waals surface area contributed by atoms with Gasteiger partial charge < -0.3 is 10.5 Å². The largest absolute Gasteiger partial charge is 0.495 e. The first-order valence-electron chi connectivity index (χ1n) is 4.67. The summed E-state index contributed by atoms with van der Waals surface area (Å²) >= 11 is 0.